The number of hydrogen-bond acceptors (Lipinski definition) is 3. The predicted molar refractivity (Wildman–Crippen MR) is 52.5 cm³/mol. The molecule has 1 fully saturated rings. The number of carbonyl (C=O) groups excluding carboxylic acids is 2. The molecular weight excluding hydrogens is 194 g/mol. The summed E-state index contributed by atoms with van der Waals surface area (Å²) in [4.78, 5) is 22.5. The van der Waals surface area contributed by atoms with Crippen LogP contribution in [0, 0.1) is 0 Å². The Balaban J connectivity index is 2.10. The number of nitrogens with one attached hydrogen (secondary N) is 1. The lowest BCUT2D eigenvalue weighted by atomic mass is 9.95. The molecule has 4 heteroatoms. The van der Waals surface area contributed by atoms with Crippen molar-refractivity contribution in [2.45, 2.75) is 12.5 Å². The summed E-state index contributed by atoms with van der Waals surface area (Å²) in [5.74, 6) is -0.896. The Morgan fingerprint density at radius 1 is 1.33 bits per heavy atom. The molecule has 0 saturated carbocycles. The molecule has 4 nitrogen and oxygen atoms in total. The van der Waals surface area contributed by atoms with E-state index in [0.29, 0.717) is 6.61 Å². The van der Waals surface area contributed by atoms with Crippen molar-refractivity contribution in [3.05, 3.63) is 29.3 Å². The van der Waals surface area contributed by atoms with E-state index in [2.05, 4.69) is 5.32 Å². The second kappa shape index (κ2) is 2.90. The minimum atomic E-state index is -0.517. The highest BCUT2D eigenvalue weighted by Gasteiger charge is 2.32. The second-order valence-electron chi connectivity index (χ2n) is 3.75. The van der Waals surface area contributed by atoms with Gasteiger partial charge >= 0.3 is 0 Å². The summed E-state index contributed by atoms with van der Waals surface area (Å²) in [6.45, 7) is 0.707. The quantitative estimate of drug-likeness (QED) is 0.543. The van der Waals surface area contributed by atoms with E-state index in [9.17, 15) is 9.59 Å². The van der Waals surface area contributed by atoms with E-state index in [1.54, 1.807) is 0 Å². The van der Waals surface area contributed by atoms with Crippen LogP contribution in [-0.4, -0.2) is 18.3 Å². The number of rotatable bonds is 1. The molecular formula is C11H9NO3. The summed E-state index contributed by atoms with van der Waals surface area (Å²) in [7, 11) is 0. The highest BCUT2D eigenvalue weighted by atomic mass is 16.6. The van der Waals surface area contributed by atoms with Gasteiger partial charge in [0.05, 0.1) is 6.61 Å². The van der Waals surface area contributed by atoms with Crippen molar-refractivity contribution < 1.29 is 14.3 Å². The van der Waals surface area contributed by atoms with E-state index in [4.69, 9.17) is 4.74 Å². The number of benzene rings is 1. The molecule has 15 heavy (non-hydrogen) atoms. The first-order valence-corrected chi connectivity index (χ1v) is 4.83. The van der Waals surface area contributed by atoms with Crippen molar-refractivity contribution in [3.8, 4) is 0 Å². The van der Waals surface area contributed by atoms with Crippen molar-refractivity contribution in [3.63, 3.8) is 0 Å². The number of anilines is 1. The first kappa shape index (κ1) is 8.61. The van der Waals surface area contributed by atoms with Crippen molar-refractivity contribution >= 4 is 17.4 Å². The van der Waals surface area contributed by atoms with Crippen LogP contribution >= 0.6 is 0 Å². The van der Waals surface area contributed by atoms with Crippen molar-refractivity contribution in [2.75, 3.05) is 11.9 Å². The topological polar surface area (TPSA) is 58.7 Å². The molecule has 1 aromatic carbocycles. The van der Waals surface area contributed by atoms with Crippen LogP contribution < -0.4 is 5.32 Å². The molecule has 3 rings (SSSR count). The Hall–Kier alpha value is -1.68. The number of ketones is 1. The first-order valence-electron chi connectivity index (χ1n) is 4.83. The summed E-state index contributed by atoms with van der Waals surface area (Å²) >= 11 is 0. The average Bonchev–Trinajstić information content (AvgIpc) is 3.02. The zero-order chi connectivity index (χ0) is 10.4. The fourth-order valence-electron chi connectivity index (χ4n) is 1.88. The van der Waals surface area contributed by atoms with E-state index in [1.165, 1.54) is 0 Å². The van der Waals surface area contributed by atoms with Crippen LogP contribution in [0.4, 0.5) is 5.69 Å². The highest BCUT2D eigenvalue weighted by Crippen LogP contribution is 2.36. The maximum absolute atomic E-state index is 11.3. The van der Waals surface area contributed by atoms with Crippen LogP contribution in [0.5, 0.6) is 0 Å². The van der Waals surface area contributed by atoms with Gasteiger partial charge in [0.2, 0.25) is 5.78 Å². The average molecular weight is 203 g/mol. The van der Waals surface area contributed by atoms with Gasteiger partial charge < -0.3 is 10.1 Å². The predicted octanol–water partition coefficient (Wildman–Crippen LogP) is 0.822. The summed E-state index contributed by atoms with van der Waals surface area (Å²) in [6, 6.07) is 5.62. The van der Waals surface area contributed by atoms with Crippen LogP contribution in [0.3, 0.4) is 0 Å². The standard InChI is InChI=1S/C11H9NO3/c13-9-4-7-6(10-5-15-10)2-1-3-8(7)12-11(9)14/h1-3,10H,4-5H2,(H,12,14). The molecule has 1 unspecified atom stereocenters. The first-order chi connectivity index (χ1) is 7.25. The molecule has 1 saturated heterocycles. The smallest absolute Gasteiger partial charge is 0.292 e. The molecule has 2 heterocycles. The molecule has 1 amide bonds. The Morgan fingerprint density at radius 2 is 2.13 bits per heavy atom. The fourth-order valence-corrected chi connectivity index (χ4v) is 1.88. The van der Waals surface area contributed by atoms with Gasteiger partial charge in [-0.3, -0.25) is 9.59 Å². The molecule has 2 aliphatic rings. The van der Waals surface area contributed by atoms with Gasteiger partial charge in [-0.15, -0.1) is 0 Å². The second-order valence-corrected chi connectivity index (χ2v) is 3.75. The molecule has 0 radical (unpaired) electrons. The maximum Gasteiger partial charge on any atom is 0.292 e. The summed E-state index contributed by atoms with van der Waals surface area (Å²) in [6.07, 6.45) is 0.305. The SMILES string of the molecule is O=C1Cc2c(cccc2C2CO2)NC1=O. The van der Waals surface area contributed by atoms with Crippen LogP contribution in [-0.2, 0) is 20.7 Å². The van der Waals surface area contributed by atoms with Crippen molar-refractivity contribution in [1.82, 2.24) is 0 Å². The van der Waals surface area contributed by atoms with Crippen LogP contribution in [0.25, 0.3) is 0 Å². The highest BCUT2D eigenvalue weighted by molar-refractivity contribution is 6.42. The van der Waals surface area contributed by atoms with Gasteiger partial charge in [0.25, 0.3) is 5.91 Å². The molecule has 1 atom stereocenters. The molecule has 76 valence electrons. The van der Waals surface area contributed by atoms with Crippen LogP contribution in [0.15, 0.2) is 18.2 Å². The number of ether oxygens (including phenoxy) is 1. The van der Waals surface area contributed by atoms with Gasteiger partial charge in [-0.25, -0.2) is 0 Å². The Morgan fingerprint density at radius 3 is 2.87 bits per heavy atom. The zero-order valence-electron chi connectivity index (χ0n) is 7.95. The van der Waals surface area contributed by atoms with Crippen LogP contribution in [0.2, 0.25) is 0 Å². The Labute approximate surface area is 86.2 Å². The van der Waals surface area contributed by atoms with Gasteiger partial charge in [-0.1, -0.05) is 12.1 Å². The van der Waals surface area contributed by atoms with Gasteiger partial charge in [0.15, 0.2) is 0 Å². The molecule has 0 aliphatic carbocycles. The lowest BCUT2D eigenvalue weighted by Crippen LogP contribution is -2.30. The normalized spacial score (nSPS) is 23.3. The molecule has 0 bridgehead atoms. The largest absolute Gasteiger partial charge is 0.368 e. The fraction of sp³-hybridized carbons (Fsp3) is 0.273. The van der Waals surface area contributed by atoms with Gasteiger partial charge in [-0.05, 0) is 17.2 Å². The number of hydrogen-bond donors (Lipinski definition) is 1. The van der Waals surface area contributed by atoms with E-state index in [0.717, 1.165) is 16.8 Å². The summed E-state index contributed by atoms with van der Waals surface area (Å²) in [5, 5.41) is 2.59. The number of fused-ring (bicyclic) bond motifs is 1. The minimum absolute atomic E-state index is 0.114. The molecule has 0 spiro atoms. The van der Waals surface area contributed by atoms with E-state index in [-0.39, 0.29) is 18.3 Å². The molecule has 1 N–H and O–H groups in total. The molecule has 0 aromatic heterocycles. The monoisotopic (exact) mass is 203 g/mol. The third-order valence-electron chi connectivity index (χ3n) is 2.73. The van der Waals surface area contributed by atoms with E-state index in [1.807, 2.05) is 18.2 Å². The third kappa shape index (κ3) is 1.34. The van der Waals surface area contributed by atoms with Crippen LogP contribution in [0.1, 0.15) is 17.2 Å². The zero-order valence-corrected chi connectivity index (χ0v) is 7.95. The van der Waals surface area contributed by atoms with E-state index >= 15 is 0 Å². The molecule has 2 aliphatic heterocycles. The van der Waals surface area contributed by atoms with Gasteiger partial charge in [0.1, 0.15) is 6.10 Å². The lowest BCUT2D eigenvalue weighted by molar-refractivity contribution is -0.134. The maximum atomic E-state index is 11.3. The van der Waals surface area contributed by atoms with Gasteiger partial charge in [-0.2, -0.15) is 0 Å². The van der Waals surface area contributed by atoms with E-state index < -0.39 is 5.91 Å². The number of Topliss-reactive ketones (excluding diaryl/α,β-unsaturated/α-hetero) is 1. The summed E-state index contributed by atoms with van der Waals surface area (Å²) < 4.78 is 5.20. The Bertz CT molecular complexity index is 463. The minimum Gasteiger partial charge on any atom is -0.368 e. The lowest BCUT2D eigenvalue weighted by Gasteiger charge is -2.18. The van der Waals surface area contributed by atoms with Gasteiger partial charge in [0, 0.05) is 12.1 Å². The Kier molecular flexibility index (Phi) is 1.67. The summed E-state index contributed by atoms with van der Waals surface area (Å²) in [5.41, 5.74) is 2.68. The number of epoxide rings is 1. The third-order valence-corrected chi connectivity index (χ3v) is 2.73. The number of carbonyl (C=O) groups is 2. The van der Waals surface area contributed by atoms with Crippen molar-refractivity contribution in [1.29, 1.82) is 0 Å². The molecule has 1 aromatic rings. The van der Waals surface area contributed by atoms with Crippen molar-refractivity contribution in [2.24, 2.45) is 0 Å². The number of amides is 1.